The molecule has 7 heteroatoms. The Balaban J connectivity index is 1.80. The van der Waals surface area contributed by atoms with E-state index in [1.807, 2.05) is 12.3 Å². The monoisotopic (exact) mass is 269 g/mol. The summed E-state index contributed by atoms with van der Waals surface area (Å²) in [6.07, 6.45) is 0.527. The van der Waals surface area contributed by atoms with Gasteiger partial charge in [0.15, 0.2) is 0 Å². The maximum absolute atomic E-state index is 11.8. The van der Waals surface area contributed by atoms with Gasteiger partial charge in [0.25, 0.3) is 0 Å². The molecule has 1 aromatic rings. The summed E-state index contributed by atoms with van der Waals surface area (Å²) in [7, 11) is 0. The Morgan fingerprint density at radius 1 is 1.67 bits per heavy atom. The van der Waals surface area contributed by atoms with Crippen molar-refractivity contribution in [2.75, 3.05) is 13.1 Å². The molecular weight excluding hydrogens is 254 g/mol. The zero-order valence-corrected chi connectivity index (χ0v) is 10.9. The fourth-order valence-electron chi connectivity index (χ4n) is 1.89. The van der Waals surface area contributed by atoms with Crippen LogP contribution >= 0.6 is 11.3 Å². The molecule has 1 aromatic heterocycles. The van der Waals surface area contributed by atoms with Crippen LogP contribution in [0.25, 0.3) is 0 Å². The molecule has 6 nitrogen and oxygen atoms in total. The van der Waals surface area contributed by atoms with Crippen LogP contribution in [0.1, 0.15) is 17.1 Å². The van der Waals surface area contributed by atoms with Crippen molar-refractivity contribution in [1.82, 2.24) is 15.2 Å². The van der Waals surface area contributed by atoms with Gasteiger partial charge in [0.1, 0.15) is 5.01 Å². The molecule has 2 amide bonds. The van der Waals surface area contributed by atoms with Gasteiger partial charge in [0, 0.05) is 24.2 Å². The summed E-state index contributed by atoms with van der Waals surface area (Å²) < 4.78 is 0. The van der Waals surface area contributed by atoms with E-state index in [0.29, 0.717) is 19.5 Å². The van der Waals surface area contributed by atoms with Crippen molar-refractivity contribution < 1.29 is 14.7 Å². The van der Waals surface area contributed by atoms with Crippen LogP contribution in [0.5, 0.6) is 0 Å². The molecule has 0 aliphatic carbocycles. The molecule has 2 N–H and O–H groups in total. The average molecular weight is 269 g/mol. The number of carboxylic acid groups (broad SMARTS) is 1. The number of hydrogen-bond donors (Lipinski definition) is 2. The van der Waals surface area contributed by atoms with Gasteiger partial charge < -0.3 is 15.3 Å². The van der Waals surface area contributed by atoms with Crippen LogP contribution in [-0.4, -0.2) is 40.1 Å². The lowest BCUT2D eigenvalue weighted by Crippen LogP contribution is -2.38. The highest BCUT2D eigenvalue weighted by Gasteiger charge is 2.30. The Morgan fingerprint density at radius 2 is 2.44 bits per heavy atom. The van der Waals surface area contributed by atoms with E-state index in [1.54, 1.807) is 4.90 Å². The van der Waals surface area contributed by atoms with Gasteiger partial charge in [-0.05, 0) is 13.3 Å². The third kappa shape index (κ3) is 2.98. The molecule has 18 heavy (non-hydrogen) atoms. The number of carbonyl (C=O) groups is 2. The SMILES string of the molecule is Cc1csc(CNC(=O)N2CCC(C(=O)O)C2)n1. The topological polar surface area (TPSA) is 82.5 Å². The second kappa shape index (κ2) is 5.34. The van der Waals surface area contributed by atoms with Crippen LogP contribution in [0, 0.1) is 12.8 Å². The Labute approximate surface area is 109 Å². The first-order valence-corrected chi connectivity index (χ1v) is 6.61. The predicted octanol–water partition coefficient (Wildman–Crippen LogP) is 1.07. The van der Waals surface area contributed by atoms with Crippen LogP contribution in [0.2, 0.25) is 0 Å². The Bertz CT molecular complexity index is 460. The van der Waals surface area contributed by atoms with Gasteiger partial charge in [0.05, 0.1) is 12.5 Å². The lowest BCUT2D eigenvalue weighted by Gasteiger charge is -2.16. The zero-order chi connectivity index (χ0) is 13.1. The second-order valence-electron chi connectivity index (χ2n) is 4.31. The summed E-state index contributed by atoms with van der Waals surface area (Å²) in [6.45, 7) is 3.09. The van der Waals surface area contributed by atoms with Gasteiger partial charge in [-0.25, -0.2) is 9.78 Å². The van der Waals surface area contributed by atoms with Gasteiger partial charge in [0.2, 0.25) is 0 Å². The first-order valence-electron chi connectivity index (χ1n) is 5.73. The normalized spacial score (nSPS) is 18.9. The third-order valence-electron chi connectivity index (χ3n) is 2.88. The number of thiazole rings is 1. The highest BCUT2D eigenvalue weighted by atomic mass is 32.1. The number of aryl methyl sites for hydroxylation is 1. The van der Waals surface area contributed by atoms with Gasteiger partial charge >= 0.3 is 12.0 Å². The van der Waals surface area contributed by atoms with Crippen molar-refractivity contribution in [3.8, 4) is 0 Å². The number of hydrogen-bond acceptors (Lipinski definition) is 4. The van der Waals surface area contributed by atoms with E-state index >= 15 is 0 Å². The largest absolute Gasteiger partial charge is 0.481 e. The summed E-state index contributed by atoms with van der Waals surface area (Å²) in [5.41, 5.74) is 0.941. The highest BCUT2D eigenvalue weighted by Crippen LogP contribution is 2.16. The zero-order valence-electron chi connectivity index (χ0n) is 10.0. The van der Waals surface area contributed by atoms with E-state index in [9.17, 15) is 9.59 Å². The molecule has 1 saturated heterocycles. The first-order chi connectivity index (χ1) is 8.56. The molecule has 0 radical (unpaired) electrons. The van der Waals surface area contributed by atoms with E-state index in [1.165, 1.54) is 11.3 Å². The summed E-state index contributed by atoms with van der Waals surface area (Å²) >= 11 is 1.50. The summed E-state index contributed by atoms with van der Waals surface area (Å²) in [4.78, 5) is 28.4. The number of likely N-dealkylation sites (tertiary alicyclic amines) is 1. The van der Waals surface area contributed by atoms with Crippen molar-refractivity contribution in [2.24, 2.45) is 5.92 Å². The van der Waals surface area contributed by atoms with Crippen LogP contribution in [-0.2, 0) is 11.3 Å². The van der Waals surface area contributed by atoms with Crippen molar-refractivity contribution in [3.05, 3.63) is 16.1 Å². The molecule has 2 heterocycles. The predicted molar refractivity (Wildman–Crippen MR) is 66.4 cm³/mol. The van der Waals surface area contributed by atoms with E-state index in [4.69, 9.17) is 5.11 Å². The van der Waals surface area contributed by atoms with Crippen LogP contribution in [0.4, 0.5) is 4.79 Å². The first kappa shape index (κ1) is 12.8. The van der Waals surface area contributed by atoms with Crippen molar-refractivity contribution >= 4 is 23.3 Å². The van der Waals surface area contributed by atoms with E-state index in [0.717, 1.165) is 10.7 Å². The fraction of sp³-hybridized carbons (Fsp3) is 0.545. The van der Waals surface area contributed by atoms with Gasteiger partial charge in [-0.15, -0.1) is 11.3 Å². The molecule has 1 atom stereocenters. The Hall–Kier alpha value is -1.63. The fourth-order valence-corrected chi connectivity index (χ4v) is 2.60. The molecule has 1 aliphatic rings. The Morgan fingerprint density at radius 3 is 3.00 bits per heavy atom. The molecule has 0 spiro atoms. The minimum atomic E-state index is -0.833. The second-order valence-corrected chi connectivity index (χ2v) is 5.25. The maximum atomic E-state index is 11.8. The van der Waals surface area contributed by atoms with Gasteiger partial charge in [-0.2, -0.15) is 0 Å². The van der Waals surface area contributed by atoms with E-state index < -0.39 is 11.9 Å². The summed E-state index contributed by atoms with van der Waals surface area (Å²) in [5, 5.41) is 14.4. The van der Waals surface area contributed by atoms with Crippen molar-refractivity contribution in [1.29, 1.82) is 0 Å². The van der Waals surface area contributed by atoms with Crippen molar-refractivity contribution in [3.63, 3.8) is 0 Å². The standard InChI is InChI=1S/C11H15N3O3S/c1-7-6-18-9(13-7)4-12-11(17)14-3-2-8(5-14)10(15)16/h6,8H,2-5H2,1H3,(H,12,17)(H,15,16). The number of carbonyl (C=O) groups excluding carboxylic acids is 1. The van der Waals surface area contributed by atoms with Gasteiger partial charge in [-0.1, -0.05) is 0 Å². The maximum Gasteiger partial charge on any atom is 0.317 e. The molecular formula is C11H15N3O3S. The summed E-state index contributed by atoms with van der Waals surface area (Å²) in [6, 6.07) is -0.216. The van der Waals surface area contributed by atoms with Crippen LogP contribution < -0.4 is 5.32 Å². The van der Waals surface area contributed by atoms with E-state index in [2.05, 4.69) is 10.3 Å². The molecule has 1 fully saturated rings. The molecule has 0 aromatic carbocycles. The number of nitrogens with zero attached hydrogens (tertiary/aromatic N) is 2. The minimum Gasteiger partial charge on any atom is -0.481 e. The lowest BCUT2D eigenvalue weighted by atomic mass is 10.1. The van der Waals surface area contributed by atoms with Crippen LogP contribution in [0.3, 0.4) is 0 Å². The lowest BCUT2D eigenvalue weighted by molar-refractivity contribution is -0.141. The van der Waals surface area contributed by atoms with Crippen molar-refractivity contribution in [2.45, 2.75) is 19.9 Å². The number of aliphatic carboxylic acids is 1. The Kier molecular flexibility index (Phi) is 3.81. The summed E-state index contributed by atoms with van der Waals surface area (Å²) in [5.74, 6) is -1.27. The van der Waals surface area contributed by atoms with Crippen LogP contribution in [0.15, 0.2) is 5.38 Å². The molecule has 1 aliphatic heterocycles. The highest BCUT2D eigenvalue weighted by molar-refractivity contribution is 7.09. The number of aromatic nitrogens is 1. The third-order valence-corrected chi connectivity index (χ3v) is 3.85. The number of rotatable bonds is 3. The number of amides is 2. The molecule has 1 unspecified atom stereocenters. The average Bonchev–Trinajstić information content (AvgIpc) is 2.94. The minimum absolute atomic E-state index is 0.216. The molecule has 0 saturated carbocycles. The quantitative estimate of drug-likeness (QED) is 0.859. The smallest absolute Gasteiger partial charge is 0.317 e. The molecule has 2 rings (SSSR count). The number of nitrogens with one attached hydrogen (secondary N) is 1. The number of urea groups is 1. The van der Waals surface area contributed by atoms with E-state index in [-0.39, 0.29) is 12.6 Å². The number of carboxylic acids is 1. The van der Waals surface area contributed by atoms with Gasteiger partial charge in [-0.3, -0.25) is 4.79 Å². The molecule has 98 valence electrons. The molecule has 0 bridgehead atoms.